The molecule has 0 saturated carbocycles. The summed E-state index contributed by atoms with van der Waals surface area (Å²) in [5.74, 6) is -0.120. The van der Waals surface area contributed by atoms with Crippen LogP contribution in [0.2, 0.25) is 5.02 Å². The van der Waals surface area contributed by atoms with Crippen molar-refractivity contribution >= 4 is 44.8 Å². The number of ether oxygens (including phenoxy) is 1. The number of amides is 2. The lowest BCUT2D eigenvalue weighted by atomic mass is 9.73. The fourth-order valence-corrected chi connectivity index (χ4v) is 8.45. The summed E-state index contributed by atoms with van der Waals surface area (Å²) < 4.78 is 37.0. The van der Waals surface area contributed by atoms with E-state index in [4.69, 9.17) is 16.3 Å². The summed E-state index contributed by atoms with van der Waals surface area (Å²) in [6, 6.07) is 15.0. The number of fused-ring (bicyclic) bond motifs is 1. The number of unbranched alkanes of at least 4 members (excludes halogenated alkanes) is 9. The molecular formula is C43H64ClN7O5S. The first-order valence-corrected chi connectivity index (χ1v) is 22.4. The molecule has 14 heteroatoms. The van der Waals surface area contributed by atoms with Crippen molar-refractivity contribution in [3.05, 3.63) is 76.7 Å². The van der Waals surface area contributed by atoms with Gasteiger partial charge in [0.2, 0.25) is 15.9 Å². The van der Waals surface area contributed by atoms with Crippen LogP contribution in [0.1, 0.15) is 137 Å². The van der Waals surface area contributed by atoms with Crippen LogP contribution < -0.4 is 20.1 Å². The second-order valence-corrected chi connectivity index (χ2v) is 19.4. The van der Waals surface area contributed by atoms with Crippen molar-refractivity contribution in [2.45, 2.75) is 148 Å². The van der Waals surface area contributed by atoms with Crippen LogP contribution in [0, 0.1) is 0 Å². The molecule has 12 nitrogen and oxygen atoms in total. The number of anilines is 1. The minimum absolute atomic E-state index is 0.0529. The van der Waals surface area contributed by atoms with Gasteiger partial charge in [-0.25, -0.2) is 17.7 Å². The number of rotatable bonds is 23. The molecule has 4 N–H and O–H groups in total. The second kappa shape index (κ2) is 20.2. The van der Waals surface area contributed by atoms with Crippen LogP contribution >= 0.6 is 11.6 Å². The van der Waals surface area contributed by atoms with Crippen LogP contribution in [0.15, 0.2) is 54.6 Å². The molecule has 4 rings (SSSR count). The van der Waals surface area contributed by atoms with E-state index in [0.29, 0.717) is 28.6 Å². The number of halogens is 1. The Labute approximate surface area is 344 Å². The van der Waals surface area contributed by atoms with E-state index in [2.05, 4.69) is 58.3 Å². The Morgan fingerprint density at radius 2 is 1.44 bits per heavy atom. The molecule has 2 amide bonds. The van der Waals surface area contributed by atoms with E-state index < -0.39 is 38.8 Å². The molecule has 0 bridgehead atoms. The highest BCUT2D eigenvalue weighted by Crippen LogP contribution is 2.37. The molecule has 314 valence electrons. The molecule has 0 saturated heterocycles. The van der Waals surface area contributed by atoms with E-state index in [1.165, 1.54) is 38.5 Å². The van der Waals surface area contributed by atoms with Crippen LogP contribution in [0.3, 0.4) is 0 Å². The summed E-state index contributed by atoms with van der Waals surface area (Å²) in [5, 5.41) is 18.6. The van der Waals surface area contributed by atoms with Gasteiger partial charge in [-0.3, -0.25) is 14.7 Å². The first-order chi connectivity index (χ1) is 26.9. The Bertz CT molecular complexity index is 2020. The van der Waals surface area contributed by atoms with Crippen molar-refractivity contribution in [2.75, 3.05) is 17.7 Å². The second-order valence-electron chi connectivity index (χ2n) is 17.2. The molecule has 57 heavy (non-hydrogen) atoms. The van der Waals surface area contributed by atoms with Crippen molar-refractivity contribution in [3.8, 4) is 5.75 Å². The van der Waals surface area contributed by atoms with E-state index in [1.54, 1.807) is 28.8 Å². The van der Waals surface area contributed by atoms with E-state index in [9.17, 15) is 18.0 Å². The van der Waals surface area contributed by atoms with Crippen molar-refractivity contribution < 1.29 is 22.7 Å². The first kappa shape index (κ1) is 45.8. The minimum atomic E-state index is -3.76. The molecule has 1 atom stereocenters. The molecule has 0 aliphatic rings. The molecule has 0 spiro atoms. The zero-order valence-electron chi connectivity index (χ0n) is 35.1. The quantitative estimate of drug-likeness (QED) is 0.0545. The van der Waals surface area contributed by atoms with Crippen molar-refractivity contribution in [1.29, 1.82) is 0 Å². The maximum absolute atomic E-state index is 13.8. The van der Waals surface area contributed by atoms with Crippen molar-refractivity contribution in [3.63, 3.8) is 0 Å². The topological polar surface area (TPSA) is 160 Å². The van der Waals surface area contributed by atoms with E-state index in [-0.39, 0.29) is 29.9 Å². The molecule has 1 unspecified atom stereocenters. The number of sulfonamides is 1. The number of nitrogens with zero attached hydrogens (tertiary/aromatic N) is 3. The van der Waals surface area contributed by atoms with Gasteiger partial charge in [0.05, 0.1) is 17.1 Å². The molecule has 0 radical (unpaired) electrons. The smallest absolute Gasteiger partial charge is 0.258 e. The minimum Gasteiger partial charge on any atom is -0.482 e. The van der Waals surface area contributed by atoms with E-state index >= 15 is 0 Å². The van der Waals surface area contributed by atoms with Gasteiger partial charge in [-0.05, 0) is 44.4 Å². The van der Waals surface area contributed by atoms with Gasteiger partial charge in [-0.2, -0.15) is 0 Å². The van der Waals surface area contributed by atoms with Gasteiger partial charge in [0.25, 0.3) is 5.91 Å². The third kappa shape index (κ3) is 12.8. The lowest BCUT2D eigenvalue weighted by molar-refractivity contribution is -0.125. The number of nitrogens with one attached hydrogen (secondary N) is 4. The highest BCUT2D eigenvalue weighted by atomic mass is 35.5. The average molecular weight is 827 g/mol. The lowest BCUT2D eigenvalue weighted by Crippen LogP contribution is -2.57. The number of hydrogen-bond acceptors (Lipinski definition) is 7. The maximum Gasteiger partial charge on any atom is 0.258 e. The molecule has 4 aromatic rings. The van der Waals surface area contributed by atoms with Gasteiger partial charge in [-0.15, -0.1) is 10.2 Å². The largest absolute Gasteiger partial charge is 0.482 e. The average Bonchev–Trinajstić information content (AvgIpc) is 3.72. The van der Waals surface area contributed by atoms with Crippen LogP contribution in [0.4, 0.5) is 5.69 Å². The lowest BCUT2D eigenvalue weighted by Gasteiger charge is -2.40. The Morgan fingerprint density at radius 1 is 0.842 bits per heavy atom. The maximum atomic E-state index is 13.8. The van der Waals surface area contributed by atoms with Crippen LogP contribution in [0.5, 0.6) is 5.75 Å². The summed E-state index contributed by atoms with van der Waals surface area (Å²) in [5.41, 5.74) is 0.657. The fourth-order valence-electron chi connectivity index (χ4n) is 6.68. The zero-order valence-corrected chi connectivity index (χ0v) is 36.7. The number of aromatic amines is 1. The monoisotopic (exact) mass is 825 g/mol. The standard InChI is InChI=1S/C43H64ClN7O5S/c1-9-10-11-12-13-14-15-16-17-23-28-57(54,55)50-33(29-31-24-19-18-20-25-31)39(53)45-32-26-21-22-27-34(32)56-30-35(52)46-43(7,8)42(5,6)40-48-47-38-36(44)37(41(2,3)4)49-51(38)40/h18-22,24-27,33,49-50H,9-17,23,28-30H2,1-8H3,(H,45,53)(H,46,52). The van der Waals surface area contributed by atoms with Gasteiger partial charge in [0.1, 0.15) is 16.8 Å². The molecule has 0 aliphatic heterocycles. The van der Waals surface area contributed by atoms with Gasteiger partial charge < -0.3 is 15.4 Å². The highest BCUT2D eigenvalue weighted by molar-refractivity contribution is 7.89. The number of para-hydroxylation sites is 2. The Hall–Kier alpha value is -3.94. The van der Waals surface area contributed by atoms with Crippen molar-refractivity contribution in [1.82, 2.24) is 29.9 Å². The number of hydrogen-bond donors (Lipinski definition) is 4. The molecule has 0 aliphatic carbocycles. The van der Waals surface area contributed by atoms with Crippen LogP contribution in [-0.2, 0) is 36.9 Å². The zero-order chi connectivity index (χ0) is 41.9. The Balaban J connectivity index is 1.38. The third-order valence-electron chi connectivity index (χ3n) is 10.8. The van der Waals surface area contributed by atoms with Gasteiger partial charge in [0.15, 0.2) is 18.1 Å². The summed E-state index contributed by atoms with van der Waals surface area (Å²) in [4.78, 5) is 27.3. The van der Waals surface area contributed by atoms with Gasteiger partial charge in [-0.1, -0.05) is 153 Å². The normalized spacial score (nSPS) is 13.1. The summed E-state index contributed by atoms with van der Waals surface area (Å²) in [6.07, 6.45) is 11.1. The number of H-pyrrole nitrogens is 1. The molecule has 2 aromatic heterocycles. The van der Waals surface area contributed by atoms with E-state index in [0.717, 1.165) is 30.5 Å². The molecule has 0 fully saturated rings. The summed E-state index contributed by atoms with van der Waals surface area (Å²) >= 11 is 6.68. The number of carbonyl (C=O) groups is 2. The predicted octanol–water partition coefficient (Wildman–Crippen LogP) is 8.65. The molecular weight excluding hydrogens is 762 g/mol. The number of benzene rings is 2. The Morgan fingerprint density at radius 3 is 2.07 bits per heavy atom. The SMILES string of the molecule is CCCCCCCCCCCCS(=O)(=O)NC(Cc1ccccc1)C(=O)Nc1ccccc1OCC(=O)NC(C)(C)C(C)(C)c1nnc2c(Cl)c(C(C)(C)C)[nH]n12. The first-order valence-electron chi connectivity index (χ1n) is 20.4. The number of aromatic nitrogens is 4. The van der Waals surface area contributed by atoms with E-state index in [1.807, 2.05) is 58.0 Å². The third-order valence-corrected chi connectivity index (χ3v) is 12.6. The van der Waals surface area contributed by atoms with Crippen LogP contribution in [0.25, 0.3) is 5.65 Å². The summed E-state index contributed by atoms with van der Waals surface area (Å²) in [6.45, 7) is 15.8. The Kier molecular flexibility index (Phi) is 16.2. The molecule has 2 aromatic carbocycles. The van der Waals surface area contributed by atoms with Gasteiger partial charge in [0, 0.05) is 16.4 Å². The fraction of sp³-hybridized carbons (Fsp3) is 0.581. The number of carbonyl (C=O) groups excluding carboxylic acids is 2. The van der Waals surface area contributed by atoms with Gasteiger partial charge >= 0.3 is 0 Å². The van der Waals surface area contributed by atoms with Crippen LogP contribution in [-0.4, -0.2) is 64.0 Å². The van der Waals surface area contributed by atoms with Crippen molar-refractivity contribution in [2.24, 2.45) is 0 Å². The predicted molar refractivity (Wildman–Crippen MR) is 230 cm³/mol. The summed E-state index contributed by atoms with van der Waals surface area (Å²) in [7, 11) is -3.76. The molecule has 2 heterocycles. The highest BCUT2D eigenvalue weighted by Gasteiger charge is 2.44.